The molecule has 2 saturated heterocycles. The van der Waals surface area contributed by atoms with Crippen molar-refractivity contribution in [2.24, 2.45) is 5.73 Å². The van der Waals surface area contributed by atoms with E-state index in [0.717, 1.165) is 23.3 Å². The van der Waals surface area contributed by atoms with E-state index >= 15 is 0 Å². The third kappa shape index (κ3) is 17.4. The molecule has 0 amide bonds. The topological polar surface area (TPSA) is 303 Å². The summed E-state index contributed by atoms with van der Waals surface area (Å²) in [5.41, 5.74) is 14.4. The van der Waals surface area contributed by atoms with Gasteiger partial charge in [0.15, 0.2) is 46.4 Å². The van der Waals surface area contributed by atoms with Crippen LogP contribution in [0.2, 0.25) is 0 Å². The van der Waals surface area contributed by atoms with Gasteiger partial charge in [0.2, 0.25) is 0 Å². The molecule has 23 nitrogen and oxygen atoms in total. The molecule has 0 aliphatic carbocycles. The number of rotatable bonds is 26. The van der Waals surface area contributed by atoms with Crippen molar-refractivity contribution in [1.82, 2.24) is 44.4 Å². The Labute approximate surface area is 552 Å². The fourth-order valence-electron chi connectivity index (χ4n) is 11.4. The molecule has 2 aliphatic heterocycles. The Hall–Kier alpha value is -9.11. The van der Waals surface area contributed by atoms with E-state index in [1.807, 2.05) is 125 Å². The lowest BCUT2D eigenvalue weighted by Gasteiger charge is -2.20. The smallest absolute Gasteiger partial charge is 0.168 e. The van der Waals surface area contributed by atoms with Gasteiger partial charge < -0.3 is 70.5 Å². The van der Waals surface area contributed by atoms with Gasteiger partial charge in [0.1, 0.15) is 66.1 Å². The van der Waals surface area contributed by atoms with Gasteiger partial charge in [-0.2, -0.15) is 0 Å². The number of hydrogen-bond donors (Lipinski definition) is 8. The number of anilines is 2. The predicted octanol–water partition coefficient (Wildman–Crippen LogP) is 8.49. The summed E-state index contributed by atoms with van der Waals surface area (Å²) >= 11 is 0. The van der Waals surface area contributed by atoms with Gasteiger partial charge in [0.05, 0.1) is 51.2 Å². The molecular weight excluding hydrogens is 1210 g/mol. The lowest BCUT2D eigenvalue weighted by Crippen LogP contribution is -2.33. The first-order chi connectivity index (χ1) is 46.2. The van der Waals surface area contributed by atoms with Crippen molar-refractivity contribution >= 4 is 40.2 Å². The van der Waals surface area contributed by atoms with Crippen LogP contribution in [0.15, 0.2) is 183 Å². The summed E-state index contributed by atoms with van der Waals surface area (Å²) in [5.74, 6) is 3.83. The van der Waals surface area contributed by atoms with Crippen molar-refractivity contribution in [3.63, 3.8) is 0 Å². The van der Waals surface area contributed by atoms with Gasteiger partial charge in [0, 0.05) is 51.3 Å². The van der Waals surface area contributed by atoms with E-state index in [4.69, 9.17) is 44.1 Å². The summed E-state index contributed by atoms with van der Waals surface area (Å²) in [6.07, 6.45) is -3.49. The van der Waals surface area contributed by atoms with Crippen LogP contribution in [-0.2, 0) is 38.6 Å². The minimum absolute atomic E-state index is 0.0543. The number of carbonyl (C=O) groups is 1. The molecule has 9 N–H and O–H groups in total. The van der Waals surface area contributed by atoms with Crippen molar-refractivity contribution < 1.29 is 53.6 Å². The zero-order chi connectivity index (χ0) is 66.8. The van der Waals surface area contributed by atoms with Gasteiger partial charge >= 0.3 is 0 Å². The number of carbonyl (C=O) groups excluding carboxylic acids is 1. The summed E-state index contributed by atoms with van der Waals surface area (Å²) < 4.78 is 36.7. The minimum atomic E-state index is -1.19. The number of fused-ring (bicyclic) bond motifs is 2. The monoisotopic (exact) mass is 1290 g/mol. The lowest BCUT2D eigenvalue weighted by molar-refractivity contribution is -0.0580. The Morgan fingerprint density at radius 1 is 0.516 bits per heavy atom. The Morgan fingerprint density at radius 2 is 0.905 bits per heavy atom. The fraction of sp³-hybridized carbons (Fsp3) is 0.347. The lowest BCUT2D eigenvalue weighted by atomic mass is 9.91. The van der Waals surface area contributed by atoms with E-state index < -0.39 is 49.1 Å². The van der Waals surface area contributed by atoms with Crippen LogP contribution in [0, 0.1) is 0 Å². The van der Waals surface area contributed by atoms with Crippen molar-refractivity contribution in [2.45, 2.75) is 120 Å². The number of aldehydes is 1. The van der Waals surface area contributed by atoms with Crippen molar-refractivity contribution in [3.05, 3.63) is 228 Å². The Morgan fingerprint density at radius 3 is 1.28 bits per heavy atom. The minimum Gasteiger partial charge on any atom is -0.491 e. The van der Waals surface area contributed by atoms with E-state index in [-0.39, 0.29) is 43.8 Å². The summed E-state index contributed by atoms with van der Waals surface area (Å²) in [6, 6.07) is 56.3. The van der Waals surface area contributed by atoms with E-state index in [1.165, 1.54) is 42.8 Å². The van der Waals surface area contributed by atoms with E-state index in [1.54, 1.807) is 39.7 Å². The molecule has 0 unspecified atom stereocenters. The second-order valence-electron chi connectivity index (χ2n) is 23.6. The molecule has 0 radical (unpaired) electrons. The van der Waals surface area contributed by atoms with Gasteiger partial charge in [0.25, 0.3) is 0 Å². The normalized spacial score (nSPS) is 19.2. The van der Waals surface area contributed by atoms with Gasteiger partial charge in [-0.15, -0.1) is 0 Å². The van der Waals surface area contributed by atoms with Crippen LogP contribution in [0.3, 0.4) is 0 Å². The molecule has 0 spiro atoms. The number of nitrogens with two attached hydrogens (primary N) is 1. The van der Waals surface area contributed by atoms with Crippen LogP contribution in [-0.4, -0.2) is 155 Å². The van der Waals surface area contributed by atoms with Crippen molar-refractivity contribution in [2.75, 3.05) is 51.2 Å². The maximum absolute atomic E-state index is 10.9. The van der Waals surface area contributed by atoms with E-state index in [2.05, 4.69) is 84.4 Å². The molecule has 12 rings (SSSR count). The molecule has 2 aliphatic rings. The molecule has 8 atom stereocenters. The number of aliphatic hydroxyl groups excluding tert-OH is 4. The average molecular weight is 1290 g/mol. The molecule has 498 valence electrons. The highest BCUT2D eigenvalue weighted by molar-refractivity contribution is 5.84. The molecule has 0 bridgehead atoms. The van der Waals surface area contributed by atoms with Crippen LogP contribution in [0.4, 0.5) is 11.6 Å². The number of aromatic nitrogens is 8. The zero-order valence-electron chi connectivity index (χ0n) is 54.1. The standard InChI is InChI=1S/C36H42N6O5.C26H30N6O4.C10H12O2/c1-23(2)46-27-16-14-24(15-17-27)18-37-20-30-40-34(38-19-28(25-10-6-4-7-11-25)26-12-8-5-9-13-26)31-35(41-30)42(22-39-31)36-33(44)32(43)29(47-36)21-45-3;1-35-14-19-22(33)23(34)26(36-19)32-15-29-21-24(30-20(12-27)31-25(21)32)28-13-18(16-8-4-2-5-9-16)17-10-6-3-7-11-17;1-8(2)12-10-5-3-9(7-11)4-6-10/h4-17,22-23,28-29,32-33,36-37,43-44H,18-21H2,1-3H3,(H,38,40,41);2-11,15,18-19,22-23,26,33-34H,12-14,27H2,1H3,(H,28,30,31);3-8H,1-2H3/t29-,32-,33-,36-;19-,22-,23-,26-;/m11./s1. The van der Waals surface area contributed by atoms with Gasteiger partial charge in [-0.05, 0) is 91.9 Å². The second-order valence-corrected chi connectivity index (χ2v) is 23.6. The largest absolute Gasteiger partial charge is 0.491 e. The fourth-order valence-corrected chi connectivity index (χ4v) is 11.4. The van der Waals surface area contributed by atoms with Crippen molar-refractivity contribution in [3.8, 4) is 11.5 Å². The molecule has 23 heteroatoms. The highest BCUT2D eigenvalue weighted by atomic mass is 16.6. The number of nitrogens with zero attached hydrogens (tertiary/aromatic N) is 8. The first-order valence-electron chi connectivity index (χ1n) is 31.8. The maximum atomic E-state index is 10.9. The molecular formula is C72H84N12O11. The van der Waals surface area contributed by atoms with Crippen LogP contribution >= 0.6 is 0 Å². The van der Waals surface area contributed by atoms with Gasteiger partial charge in [-0.25, -0.2) is 29.9 Å². The van der Waals surface area contributed by atoms with Crippen LogP contribution < -0.4 is 31.2 Å². The van der Waals surface area contributed by atoms with Gasteiger partial charge in [-0.1, -0.05) is 133 Å². The number of ether oxygens (including phenoxy) is 6. The summed E-state index contributed by atoms with van der Waals surface area (Å²) in [5, 5.41) is 53.1. The van der Waals surface area contributed by atoms with Crippen LogP contribution in [0.25, 0.3) is 22.3 Å². The molecule has 95 heavy (non-hydrogen) atoms. The number of nitrogens with one attached hydrogen (secondary N) is 3. The quantitative estimate of drug-likeness (QED) is 0.0236. The second kappa shape index (κ2) is 33.3. The highest BCUT2D eigenvalue weighted by Gasteiger charge is 2.46. The third-order valence-electron chi connectivity index (χ3n) is 16.1. The Bertz CT molecular complexity index is 3890. The first kappa shape index (κ1) is 68.7. The first-order valence-corrected chi connectivity index (χ1v) is 31.8. The number of benzene rings is 6. The highest BCUT2D eigenvalue weighted by Crippen LogP contribution is 2.36. The van der Waals surface area contributed by atoms with E-state index in [9.17, 15) is 25.2 Å². The summed E-state index contributed by atoms with van der Waals surface area (Å²) in [4.78, 5) is 38.4. The predicted molar refractivity (Wildman–Crippen MR) is 361 cm³/mol. The van der Waals surface area contributed by atoms with E-state index in [0.29, 0.717) is 77.4 Å². The Kier molecular flexibility index (Phi) is 24.1. The molecule has 2 fully saturated rings. The molecule has 6 heterocycles. The SMILES string of the molecule is CC(C)Oc1ccc(C=O)cc1.COC[C@H]1O[C@@H](n2cnc3c(NCC(c4ccccc4)c4ccccc4)nc(CN)nc32)[C@H](O)[C@@H]1O.COC[C@H]1O[C@@H](n2cnc3c(NCC(c4ccccc4)c4ccccc4)nc(CNCc4ccc(OC(C)C)cc4)nc32)[C@H](O)[C@@H]1O. The maximum Gasteiger partial charge on any atom is 0.168 e. The average Bonchev–Trinajstić information content (AvgIpc) is 1.64. The molecule has 0 saturated carbocycles. The molecule has 4 aromatic heterocycles. The number of hydrogen-bond acceptors (Lipinski definition) is 21. The number of methoxy groups -OCH3 is 2. The summed E-state index contributed by atoms with van der Waals surface area (Å²) in [6.45, 7) is 10.5. The third-order valence-corrected chi connectivity index (χ3v) is 16.1. The summed E-state index contributed by atoms with van der Waals surface area (Å²) in [7, 11) is 3.04. The van der Waals surface area contributed by atoms with Crippen LogP contribution in [0.5, 0.6) is 11.5 Å². The van der Waals surface area contributed by atoms with Crippen LogP contribution in [0.1, 0.15) is 102 Å². The molecule has 6 aromatic carbocycles. The van der Waals surface area contributed by atoms with Crippen molar-refractivity contribution in [1.29, 1.82) is 0 Å². The number of aliphatic hydroxyl groups is 4. The number of imidazole rings is 2. The molecule has 10 aromatic rings. The van der Waals surface area contributed by atoms with Gasteiger partial charge in [-0.3, -0.25) is 13.9 Å². The Balaban J connectivity index is 0.000000180. The zero-order valence-corrected chi connectivity index (χ0v) is 54.1.